The Morgan fingerprint density at radius 2 is 2.15 bits per heavy atom. The molecule has 3 nitrogen and oxygen atoms in total. The molecule has 1 heterocycles. The summed E-state index contributed by atoms with van der Waals surface area (Å²) in [6, 6.07) is 6.82. The number of anilines is 1. The molecular weight excluding hydrogens is 248 g/mol. The van der Waals surface area contributed by atoms with E-state index in [-0.39, 0.29) is 5.91 Å². The summed E-state index contributed by atoms with van der Waals surface area (Å²) in [6.07, 6.45) is 8.71. The third-order valence-corrected chi connectivity index (χ3v) is 4.84. The Morgan fingerprint density at radius 1 is 1.35 bits per heavy atom. The average Bonchev–Trinajstić information content (AvgIpc) is 3.07. The van der Waals surface area contributed by atoms with Crippen molar-refractivity contribution in [3.63, 3.8) is 0 Å². The minimum Gasteiger partial charge on any atom is -0.326 e. The van der Waals surface area contributed by atoms with Crippen molar-refractivity contribution >= 4 is 11.6 Å². The lowest BCUT2D eigenvalue weighted by atomic mass is 9.94. The van der Waals surface area contributed by atoms with Crippen molar-refractivity contribution < 1.29 is 4.79 Å². The molecule has 0 spiro atoms. The Hall–Kier alpha value is -1.35. The van der Waals surface area contributed by atoms with Crippen LogP contribution in [0, 0.1) is 5.92 Å². The first kappa shape index (κ1) is 13.6. The number of carbonyl (C=O) groups is 1. The Labute approximate surface area is 121 Å². The highest BCUT2D eigenvalue weighted by Gasteiger charge is 2.21. The van der Waals surface area contributed by atoms with Crippen molar-refractivity contribution in [1.29, 1.82) is 0 Å². The van der Waals surface area contributed by atoms with Gasteiger partial charge in [-0.15, -0.1) is 0 Å². The van der Waals surface area contributed by atoms with Crippen LogP contribution in [0.3, 0.4) is 0 Å². The number of hydrogen-bond donors (Lipinski definition) is 2. The Bertz CT molecular complexity index is 492. The van der Waals surface area contributed by atoms with Crippen molar-refractivity contribution in [2.45, 2.75) is 51.0 Å². The first-order valence-electron chi connectivity index (χ1n) is 7.86. The lowest BCUT2D eigenvalue weighted by Crippen LogP contribution is -2.17. The van der Waals surface area contributed by atoms with Gasteiger partial charge in [0.1, 0.15) is 0 Å². The second kappa shape index (κ2) is 5.96. The smallest absolute Gasteiger partial charge is 0.228 e. The summed E-state index contributed by atoms with van der Waals surface area (Å²) < 4.78 is 0. The number of rotatable bonds is 5. The number of amides is 1. The van der Waals surface area contributed by atoms with Crippen LogP contribution in [0.5, 0.6) is 0 Å². The SMILES string of the molecule is CNC(CCC1CCCC1)c1ccc2c(c1)CC(=O)N2. The van der Waals surface area contributed by atoms with E-state index in [2.05, 4.69) is 28.8 Å². The van der Waals surface area contributed by atoms with Gasteiger partial charge in [0, 0.05) is 11.7 Å². The van der Waals surface area contributed by atoms with Crippen LogP contribution in [-0.2, 0) is 11.2 Å². The fourth-order valence-corrected chi connectivity index (χ4v) is 3.65. The zero-order chi connectivity index (χ0) is 13.9. The molecule has 108 valence electrons. The molecule has 3 heteroatoms. The molecule has 1 unspecified atom stereocenters. The van der Waals surface area contributed by atoms with Gasteiger partial charge in [0.05, 0.1) is 6.42 Å². The molecule has 1 atom stereocenters. The molecule has 2 aliphatic rings. The van der Waals surface area contributed by atoms with Crippen molar-refractivity contribution in [3.05, 3.63) is 29.3 Å². The quantitative estimate of drug-likeness (QED) is 0.862. The number of hydrogen-bond acceptors (Lipinski definition) is 2. The predicted molar refractivity (Wildman–Crippen MR) is 81.8 cm³/mol. The lowest BCUT2D eigenvalue weighted by Gasteiger charge is -2.19. The van der Waals surface area contributed by atoms with E-state index in [0.29, 0.717) is 12.5 Å². The van der Waals surface area contributed by atoms with E-state index < -0.39 is 0 Å². The number of nitrogens with one attached hydrogen (secondary N) is 2. The molecule has 0 radical (unpaired) electrons. The molecule has 1 fully saturated rings. The van der Waals surface area contributed by atoms with E-state index in [4.69, 9.17) is 0 Å². The van der Waals surface area contributed by atoms with Crippen LogP contribution >= 0.6 is 0 Å². The second-order valence-corrected chi connectivity index (χ2v) is 6.21. The third-order valence-electron chi connectivity index (χ3n) is 4.84. The first-order valence-corrected chi connectivity index (χ1v) is 7.86. The molecule has 1 aromatic rings. The molecule has 1 aromatic carbocycles. The highest BCUT2D eigenvalue weighted by Crippen LogP contribution is 2.33. The highest BCUT2D eigenvalue weighted by atomic mass is 16.1. The van der Waals surface area contributed by atoms with Gasteiger partial charge in [-0.25, -0.2) is 0 Å². The van der Waals surface area contributed by atoms with Gasteiger partial charge in [0.2, 0.25) is 5.91 Å². The molecule has 20 heavy (non-hydrogen) atoms. The van der Waals surface area contributed by atoms with Gasteiger partial charge < -0.3 is 10.6 Å². The first-order chi connectivity index (χ1) is 9.76. The van der Waals surface area contributed by atoms with E-state index in [1.807, 2.05) is 7.05 Å². The second-order valence-electron chi connectivity index (χ2n) is 6.21. The Morgan fingerprint density at radius 3 is 2.90 bits per heavy atom. The molecule has 1 aliphatic heterocycles. The normalized spacial score (nSPS) is 19.9. The van der Waals surface area contributed by atoms with Crippen LogP contribution in [-0.4, -0.2) is 13.0 Å². The van der Waals surface area contributed by atoms with E-state index in [1.54, 1.807) is 0 Å². The van der Waals surface area contributed by atoms with Gasteiger partial charge in [-0.3, -0.25) is 4.79 Å². The number of carbonyl (C=O) groups excluding carboxylic acids is 1. The maximum atomic E-state index is 11.4. The number of benzene rings is 1. The minimum atomic E-state index is 0.115. The van der Waals surface area contributed by atoms with Gasteiger partial charge >= 0.3 is 0 Å². The molecule has 0 bridgehead atoms. The zero-order valence-electron chi connectivity index (χ0n) is 12.2. The van der Waals surface area contributed by atoms with E-state index in [9.17, 15) is 4.79 Å². The molecule has 1 saturated carbocycles. The molecule has 1 aliphatic carbocycles. The van der Waals surface area contributed by atoms with Gasteiger partial charge in [-0.05, 0) is 43.0 Å². The van der Waals surface area contributed by atoms with Crippen LogP contribution < -0.4 is 10.6 Å². The van der Waals surface area contributed by atoms with Crippen LogP contribution in [0.1, 0.15) is 55.7 Å². The molecule has 3 rings (SSSR count). The predicted octanol–water partition coefficient (Wildman–Crippen LogP) is 3.41. The van der Waals surface area contributed by atoms with Crippen LogP contribution in [0.4, 0.5) is 5.69 Å². The summed E-state index contributed by atoms with van der Waals surface area (Å²) in [7, 11) is 2.04. The summed E-state index contributed by atoms with van der Waals surface area (Å²) in [4.78, 5) is 11.4. The van der Waals surface area contributed by atoms with Gasteiger partial charge in [-0.1, -0.05) is 37.8 Å². The zero-order valence-corrected chi connectivity index (χ0v) is 12.2. The monoisotopic (exact) mass is 272 g/mol. The van der Waals surface area contributed by atoms with Crippen molar-refractivity contribution in [2.75, 3.05) is 12.4 Å². The standard InChI is InChI=1S/C17H24N2O/c1-18-15(8-6-12-4-2-3-5-12)13-7-9-16-14(10-13)11-17(20)19-16/h7,9-10,12,15,18H,2-6,8,11H2,1H3,(H,19,20). The topological polar surface area (TPSA) is 41.1 Å². The molecule has 0 aromatic heterocycles. The van der Waals surface area contributed by atoms with Gasteiger partial charge in [0.25, 0.3) is 0 Å². The maximum absolute atomic E-state index is 11.4. The van der Waals surface area contributed by atoms with E-state index in [0.717, 1.165) is 17.2 Å². The van der Waals surface area contributed by atoms with Crippen LogP contribution in [0.2, 0.25) is 0 Å². The highest BCUT2D eigenvalue weighted by molar-refractivity contribution is 5.99. The molecular formula is C17H24N2O. The summed E-state index contributed by atoms with van der Waals surface area (Å²) in [5, 5.41) is 6.34. The molecule has 0 saturated heterocycles. The fourth-order valence-electron chi connectivity index (χ4n) is 3.65. The molecule has 2 N–H and O–H groups in total. The van der Waals surface area contributed by atoms with E-state index >= 15 is 0 Å². The number of fused-ring (bicyclic) bond motifs is 1. The lowest BCUT2D eigenvalue weighted by molar-refractivity contribution is -0.115. The van der Waals surface area contributed by atoms with Crippen LogP contribution in [0.25, 0.3) is 0 Å². The Kier molecular flexibility index (Phi) is 4.06. The summed E-state index contributed by atoms with van der Waals surface area (Å²) in [5.74, 6) is 1.05. The maximum Gasteiger partial charge on any atom is 0.228 e. The summed E-state index contributed by atoms with van der Waals surface area (Å²) in [6.45, 7) is 0. The van der Waals surface area contributed by atoms with Crippen LogP contribution in [0.15, 0.2) is 18.2 Å². The minimum absolute atomic E-state index is 0.115. The largest absolute Gasteiger partial charge is 0.326 e. The Balaban J connectivity index is 1.66. The summed E-state index contributed by atoms with van der Waals surface area (Å²) in [5.41, 5.74) is 3.46. The fraction of sp³-hybridized carbons (Fsp3) is 0.588. The van der Waals surface area contributed by atoms with Crippen molar-refractivity contribution in [3.8, 4) is 0 Å². The van der Waals surface area contributed by atoms with Gasteiger partial charge in [-0.2, -0.15) is 0 Å². The van der Waals surface area contributed by atoms with E-state index in [1.165, 1.54) is 44.1 Å². The van der Waals surface area contributed by atoms with Gasteiger partial charge in [0.15, 0.2) is 0 Å². The summed E-state index contributed by atoms with van der Waals surface area (Å²) >= 11 is 0. The third kappa shape index (κ3) is 2.88. The van der Waals surface area contributed by atoms with Crippen molar-refractivity contribution in [1.82, 2.24) is 5.32 Å². The van der Waals surface area contributed by atoms with Crippen molar-refractivity contribution in [2.24, 2.45) is 5.92 Å². The molecule has 1 amide bonds. The average molecular weight is 272 g/mol.